The van der Waals surface area contributed by atoms with Gasteiger partial charge >= 0.3 is 0 Å². The Morgan fingerprint density at radius 3 is 2.53 bits per heavy atom. The Morgan fingerprint density at radius 1 is 1.03 bits per heavy atom. The first kappa shape index (κ1) is 21.3. The zero-order valence-corrected chi connectivity index (χ0v) is 19.9. The summed E-state index contributed by atoms with van der Waals surface area (Å²) in [4.78, 5) is 27.7. The number of benzene rings is 3. The van der Waals surface area contributed by atoms with E-state index in [1.165, 1.54) is 5.56 Å². The van der Waals surface area contributed by atoms with Gasteiger partial charge in [-0.25, -0.2) is 0 Å². The Balaban J connectivity index is 1.39. The molecule has 0 bridgehead atoms. The average molecular weight is 507 g/mol. The van der Waals surface area contributed by atoms with E-state index >= 15 is 0 Å². The number of anilines is 1. The molecule has 1 N–H and O–H groups in total. The summed E-state index contributed by atoms with van der Waals surface area (Å²) in [5.41, 5.74) is 4.13. The van der Waals surface area contributed by atoms with Crippen molar-refractivity contribution in [2.45, 2.75) is 30.2 Å². The van der Waals surface area contributed by atoms with Crippen molar-refractivity contribution in [3.8, 4) is 0 Å². The number of hydrogen-bond donors (Lipinski definition) is 1. The number of para-hydroxylation sites is 1. The van der Waals surface area contributed by atoms with Gasteiger partial charge in [0.2, 0.25) is 11.8 Å². The predicted octanol–water partition coefficient (Wildman–Crippen LogP) is 5.57. The number of nitrogens with zero attached hydrogens (tertiary/aromatic N) is 1. The summed E-state index contributed by atoms with van der Waals surface area (Å²) >= 11 is 5.19. The maximum Gasteiger partial charge on any atom is 0.248 e. The Bertz CT molecular complexity index is 1150. The average Bonchev–Trinajstić information content (AvgIpc) is 3.35. The molecule has 162 valence electrons. The van der Waals surface area contributed by atoms with E-state index in [0.717, 1.165) is 34.1 Å². The lowest BCUT2D eigenvalue weighted by Gasteiger charge is -2.34. The Hall–Kier alpha value is -2.57. The van der Waals surface area contributed by atoms with Crippen LogP contribution >= 0.6 is 27.7 Å². The highest BCUT2D eigenvalue weighted by Crippen LogP contribution is 2.54. The van der Waals surface area contributed by atoms with Gasteiger partial charge in [-0.05, 0) is 47.7 Å². The maximum absolute atomic E-state index is 13.4. The largest absolute Gasteiger partial charge is 0.324 e. The molecular formula is C26H23BrN2O2S. The minimum Gasteiger partial charge on any atom is -0.324 e. The molecule has 0 unspecified atom stereocenters. The lowest BCUT2D eigenvalue weighted by molar-refractivity contribution is -0.136. The van der Waals surface area contributed by atoms with Gasteiger partial charge in [-0.2, -0.15) is 0 Å². The molecule has 2 atom stereocenters. The van der Waals surface area contributed by atoms with Crippen LogP contribution in [0.4, 0.5) is 5.69 Å². The molecule has 2 aliphatic heterocycles. The molecule has 2 saturated heterocycles. The first-order valence-electron chi connectivity index (χ1n) is 10.7. The number of halogens is 1. The zero-order valence-electron chi connectivity index (χ0n) is 17.5. The minimum atomic E-state index is -0.483. The molecule has 0 spiro atoms. The molecule has 2 aliphatic rings. The lowest BCUT2D eigenvalue weighted by Crippen LogP contribution is -2.48. The van der Waals surface area contributed by atoms with Crippen LogP contribution in [0.3, 0.4) is 0 Å². The molecule has 2 fully saturated rings. The zero-order chi connectivity index (χ0) is 22.1. The number of carbonyl (C=O) groups excluding carboxylic acids is 2. The van der Waals surface area contributed by atoms with Crippen LogP contribution in [0.25, 0.3) is 0 Å². The van der Waals surface area contributed by atoms with Crippen molar-refractivity contribution in [3.05, 3.63) is 100 Å². The van der Waals surface area contributed by atoms with Crippen LogP contribution in [0.2, 0.25) is 0 Å². The van der Waals surface area contributed by atoms with Gasteiger partial charge in [0.05, 0.1) is 0 Å². The van der Waals surface area contributed by atoms with Gasteiger partial charge < -0.3 is 10.2 Å². The Morgan fingerprint density at radius 2 is 1.75 bits per heavy atom. The summed E-state index contributed by atoms with van der Waals surface area (Å²) in [6, 6.07) is 25.7. The second-order valence-corrected chi connectivity index (χ2v) is 10.4. The van der Waals surface area contributed by atoms with E-state index in [9.17, 15) is 9.59 Å². The van der Waals surface area contributed by atoms with E-state index in [1.807, 2.05) is 59.5 Å². The van der Waals surface area contributed by atoms with Gasteiger partial charge in [-0.15, -0.1) is 11.8 Å². The second-order valence-electron chi connectivity index (χ2n) is 8.19. The number of hydrogen-bond acceptors (Lipinski definition) is 3. The van der Waals surface area contributed by atoms with E-state index in [-0.39, 0.29) is 11.8 Å². The van der Waals surface area contributed by atoms with Gasteiger partial charge in [0.15, 0.2) is 0 Å². The fraction of sp³-hybridized carbons (Fsp3) is 0.231. The molecule has 0 radical (unpaired) electrons. The smallest absolute Gasteiger partial charge is 0.248 e. The van der Waals surface area contributed by atoms with Crippen molar-refractivity contribution in [2.75, 3.05) is 11.1 Å². The molecule has 5 rings (SSSR count). The third kappa shape index (κ3) is 3.86. The highest BCUT2D eigenvalue weighted by molar-refractivity contribution is 9.10. The lowest BCUT2D eigenvalue weighted by atomic mass is 10.0. The monoisotopic (exact) mass is 506 g/mol. The van der Waals surface area contributed by atoms with E-state index in [4.69, 9.17) is 0 Å². The molecule has 0 aliphatic carbocycles. The van der Waals surface area contributed by atoms with Crippen molar-refractivity contribution in [3.63, 3.8) is 0 Å². The summed E-state index contributed by atoms with van der Waals surface area (Å²) in [7, 11) is 0. The van der Waals surface area contributed by atoms with Crippen molar-refractivity contribution in [1.29, 1.82) is 0 Å². The molecule has 0 saturated carbocycles. The van der Waals surface area contributed by atoms with E-state index in [0.29, 0.717) is 12.2 Å². The number of carbonyl (C=O) groups is 2. The van der Waals surface area contributed by atoms with Crippen LogP contribution in [-0.2, 0) is 20.9 Å². The molecule has 2 heterocycles. The topological polar surface area (TPSA) is 49.4 Å². The minimum absolute atomic E-state index is 0.0515. The van der Waals surface area contributed by atoms with Gasteiger partial charge in [0.1, 0.15) is 10.9 Å². The molecule has 3 aromatic rings. The number of amides is 2. The van der Waals surface area contributed by atoms with Crippen LogP contribution in [0.15, 0.2) is 83.3 Å². The van der Waals surface area contributed by atoms with Gasteiger partial charge in [0, 0.05) is 22.3 Å². The molecular weight excluding hydrogens is 484 g/mol. The van der Waals surface area contributed by atoms with Crippen molar-refractivity contribution in [1.82, 2.24) is 4.90 Å². The number of thioether (sulfide) groups is 1. The highest BCUT2D eigenvalue weighted by Gasteiger charge is 2.56. The second kappa shape index (κ2) is 8.75. The molecule has 4 nitrogen and oxygen atoms in total. The molecule has 3 aromatic carbocycles. The Kier molecular flexibility index (Phi) is 5.82. The van der Waals surface area contributed by atoms with E-state index < -0.39 is 10.9 Å². The van der Waals surface area contributed by atoms with Crippen LogP contribution in [-0.4, -0.2) is 28.5 Å². The summed E-state index contributed by atoms with van der Waals surface area (Å²) in [6.07, 6.45) is 1.94. The van der Waals surface area contributed by atoms with Crippen LogP contribution in [0.5, 0.6) is 0 Å². The molecule has 0 aromatic heterocycles. The van der Waals surface area contributed by atoms with Gasteiger partial charge in [-0.3, -0.25) is 9.59 Å². The fourth-order valence-corrected chi connectivity index (χ4v) is 6.59. The summed E-state index contributed by atoms with van der Waals surface area (Å²) < 4.78 is 1.00. The third-order valence-corrected chi connectivity index (χ3v) is 8.36. The number of fused-ring (bicyclic) bond motifs is 1. The SMILES string of the molecule is O=C(Nc1ccccc1Cc1ccccc1)[C@H]1CS[C@]2(c3ccc(Br)cc3)CCC(=O)N12. The number of nitrogens with one attached hydrogen (secondary N) is 1. The van der Waals surface area contributed by atoms with Gasteiger partial charge in [0.25, 0.3) is 0 Å². The van der Waals surface area contributed by atoms with E-state index in [1.54, 1.807) is 11.8 Å². The fourth-order valence-electron chi connectivity index (χ4n) is 4.68. The van der Waals surface area contributed by atoms with Crippen LogP contribution in [0.1, 0.15) is 29.5 Å². The van der Waals surface area contributed by atoms with Crippen LogP contribution in [0, 0.1) is 0 Å². The standard InChI is InChI=1S/C26H23BrN2O2S/c27-21-12-10-20(11-13-21)26-15-14-24(30)29(26)23(17-32-26)25(31)28-22-9-5-4-8-19(22)16-18-6-2-1-3-7-18/h1-13,23H,14-17H2,(H,28,31)/t23-,26+/m1/s1. The highest BCUT2D eigenvalue weighted by atomic mass is 79.9. The first-order chi connectivity index (χ1) is 15.6. The van der Waals surface area contributed by atoms with Crippen LogP contribution < -0.4 is 5.32 Å². The summed E-state index contributed by atoms with van der Waals surface area (Å²) in [5, 5.41) is 3.13. The molecule has 2 amide bonds. The normalized spacial score (nSPS) is 22.1. The van der Waals surface area contributed by atoms with Crippen molar-refractivity contribution >= 4 is 45.2 Å². The van der Waals surface area contributed by atoms with Crippen molar-refractivity contribution in [2.24, 2.45) is 0 Å². The Labute approximate surface area is 200 Å². The summed E-state index contributed by atoms with van der Waals surface area (Å²) in [6.45, 7) is 0. The summed E-state index contributed by atoms with van der Waals surface area (Å²) in [5.74, 6) is 0.525. The number of rotatable bonds is 5. The van der Waals surface area contributed by atoms with E-state index in [2.05, 4.69) is 45.5 Å². The molecule has 6 heteroatoms. The predicted molar refractivity (Wildman–Crippen MR) is 132 cm³/mol. The van der Waals surface area contributed by atoms with Gasteiger partial charge in [-0.1, -0.05) is 76.6 Å². The van der Waals surface area contributed by atoms with Crippen molar-refractivity contribution < 1.29 is 9.59 Å². The first-order valence-corrected chi connectivity index (χ1v) is 12.5. The maximum atomic E-state index is 13.4. The quantitative estimate of drug-likeness (QED) is 0.492. The molecule has 32 heavy (non-hydrogen) atoms. The third-order valence-electron chi connectivity index (χ3n) is 6.24.